The first-order chi connectivity index (χ1) is 16.7. The third-order valence-electron chi connectivity index (χ3n) is 6.69. The van der Waals surface area contributed by atoms with Crippen LogP contribution in [-0.2, 0) is 29.1 Å². The van der Waals surface area contributed by atoms with Gasteiger partial charge < -0.3 is 9.80 Å². The highest BCUT2D eigenvalue weighted by Gasteiger charge is 2.45. The van der Waals surface area contributed by atoms with E-state index in [9.17, 15) is 9.59 Å². The van der Waals surface area contributed by atoms with Crippen molar-refractivity contribution in [2.24, 2.45) is 5.41 Å². The largest absolute Gasteiger partial charge is 0.313 e. The summed E-state index contributed by atoms with van der Waals surface area (Å²) in [4.78, 5) is 42.1. The molecule has 0 aliphatic carbocycles. The number of hydrogen-bond donors (Lipinski definition) is 0. The van der Waals surface area contributed by atoms with Gasteiger partial charge in [0.1, 0.15) is 5.41 Å². The molecule has 0 unspecified atom stereocenters. The molecule has 1 aliphatic rings. The lowest BCUT2D eigenvalue weighted by atomic mass is 9.90. The number of nitrogens with zero attached hydrogens (tertiary/aromatic N) is 5. The molecule has 1 aromatic carbocycles. The summed E-state index contributed by atoms with van der Waals surface area (Å²) < 4.78 is 0. The molecule has 35 heavy (non-hydrogen) atoms. The van der Waals surface area contributed by atoms with E-state index in [0.29, 0.717) is 6.54 Å². The molecule has 0 fully saturated rings. The standard InChI is InChI=1S/C27H33N5O2S/c1-6-32-22-10-9-21(14-23(22)30(5)25(33)27(3,4)26(32)34)16-31(17-24-19(2)29-18-35-24)13-11-20-8-7-12-28-15-20/h7-10,12,14-15,18H,6,11,13,16-17H2,1-5H3. The van der Waals surface area contributed by atoms with Crippen LogP contribution in [0.5, 0.6) is 0 Å². The average molecular weight is 492 g/mol. The topological polar surface area (TPSA) is 69.6 Å². The zero-order valence-electron chi connectivity index (χ0n) is 21.1. The van der Waals surface area contributed by atoms with Gasteiger partial charge in [-0.25, -0.2) is 4.98 Å². The summed E-state index contributed by atoms with van der Waals surface area (Å²) in [7, 11) is 1.76. The van der Waals surface area contributed by atoms with E-state index in [1.54, 1.807) is 48.2 Å². The van der Waals surface area contributed by atoms with Gasteiger partial charge in [-0.05, 0) is 63.4 Å². The lowest BCUT2D eigenvalue weighted by Gasteiger charge is -2.27. The number of thiazole rings is 1. The lowest BCUT2D eigenvalue weighted by Crippen LogP contribution is -2.47. The number of pyridine rings is 1. The summed E-state index contributed by atoms with van der Waals surface area (Å²) >= 11 is 1.68. The fourth-order valence-electron chi connectivity index (χ4n) is 4.53. The molecule has 0 saturated heterocycles. The SMILES string of the molecule is CCN1C(=O)C(C)(C)C(=O)N(C)c2cc(CN(CCc3cccnc3)Cc3scnc3C)ccc21. The van der Waals surface area contributed by atoms with Crippen molar-refractivity contribution >= 4 is 34.5 Å². The van der Waals surface area contributed by atoms with E-state index in [2.05, 4.69) is 33.1 Å². The quantitative estimate of drug-likeness (QED) is 0.436. The van der Waals surface area contributed by atoms with Crippen LogP contribution in [0.2, 0.25) is 0 Å². The number of benzene rings is 1. The van der Waals surface area contributed by atoms with Gasteiger partial charge in [-0.2, -0.15) is 0 Å². The van der Waals surface area contributed by atoms with Gasteiger partial charge >= 0.3 is 0 Å². The van der Waals surface area contributed by atoms with E-state index in [-0.39, 0.29) is 11.8 Å². The number of carbonyl (C=O) groups excluding carboxylic acids is 2. The highest BCUT2D eigenvalue weighted by Crippen LogP contribution is 2.39. The van der Waals surface area contributed by atoms with Gasteiger partial charge in [-0.15, -0.1) is 11.3 Å². The number of aromatic nitrogens is 2. The second-order valence-electron chi connectivity index (χ2n) is 9.54. The van der Waals surface area contributed by atoms with Crippen molar-refractivity contribution in [3.63, 3.8) is 0 Å². The summed E-state index contributed by atoms with van der Waals surface area (Å²) in [5.41, 5.74) is 5.70. The molecule has 2 aromatic heterocycles. The van der Waals surface area contributed by atoms with Crippen LogP contribution in [0.1, 0.15) is 42.5 Å². The molecule has 4 rings (SSSR count). The van der Waals surface area contributed by atoms with Crippen molar-refractivity contribution in [3.8, 4) is 0 Å². The zero-order valence-corrected chi connectivity index (χ0v) is 21.9. The summed E-state index contributed by atoms with van der Waals surface area (Å²) in [6.07, 6.45) is 4.60. The Kier molecular flexibility index (Phi) is 7.33. The smallest absolute Gasteiger partial charge is 0.242 e. The van der Waals surface area contributed by atoms with Crippen molar-refractivity contribution in [2.45, 2.75) is 47.2 Å². The fraction of sp³-hybridized carbons (Fsp3) is 0.407. The summed E-state index contributed by atoms with van der Waals surface area (Å²) in [5.74, 6) is -0.354. The molecule has 1 aliphatic heterocycles. The van der Waals surface area contributed by atoms with Gasteiger partial charge in [-0.1, -0.05) is 12.1 Å². The summed E-state index contributed by atoms with van der Waals surface area (Å²) in [6, 6.07) is 10.2. The molecule has 0 radical (unpaired) electrons. The maximum absolute atomic E-state index is 13.2. The number of anilines is 2. The maximum Gasteiger partial charge on any atom is 0.242 e. The second kappa shape index (κ2) is 10.3. The van der Waals surface area contributed by atoms with E-state index in [0.717, 1.165) is 48.7 Å². The minimum Gasteiger partial charge on any atom is -0.313 e. The molecular formula is C27H33N5O2S. The molecule has 0 bridgehead atoms. The van der Waals surface area contributed by atoms with Gasteiger partial charge in [0.2, 0.25) is 11.8 Å². The molecule has 184 valence electrons. The normalized spacial score (nSPS) is 15.5. The highest BCUT2D eigenvalue weighted by molar-refractivity contribution is 7.09. The van der Waals surface area contributed by atoms with Crippen molar-refractivity contribution < 1.29 is 9.59 Å². The minimum absolute atomic E-state index is 0.165. The van der Waals surface area contributed by atoms with Crippen molar-refractivity contribution in [1.29, 1.82) is 0 Å². The van der Waals surface area contributed by atoms with Crippen molar-refractivity contribution in [1.82, 2.24) is 14.9 Å². The summed E-state index contributed by atoms with van der Waals surface area (Å²) in [6.45, 7) is 10.3. The van der Waals surface area contributed by atoms with Crippen LogP contribution in [0.4, 0.5) is 11.4 Å². The molecule has 0 atom stereocenters. The van der Waals surface area contributed by atoms with E-state index in [4.69, 9.17) is 0 Å². The first-order valence-corrected chi connectivity index (χ1v) is 12.8. The Morgan fingerprint density at radius 2 is 1.86 bits per heavy atom. The number of amides is 2. The van der Waals surface area contributed by atoms with Crippen LogP contribution >= 0.6 is 11.3 Å². The van der Waals surface area contributed by atoms with Crippen LogP contribution in [-0.4, -0.2) is 46.8 Å². The van der Waals surface area contributed by atoms with Gasteiger partial charge in [0, 0.05) is 50.5 Å². The summed E-state index contributed by atoms with van der Waals surface area (Å²) in [5, 5.41) is 0. The Hall–Kier alpha value is -3.10. The molecule has 7 nitrogen and oxygen atoms in total. The van der Waals surface area contributed by atoms with Crippen molar-refractivity contribution in [2.75, 3.05) is 29.9 Å². The second-order valence-corrected chi connectivity index (χ2v) is 10.5. The van der Waals surface area contributed by atoms with Crippen molar-refractivity contribution in [3.05, 3.63) is 69.9 Å². The Labute approximate surface area is 211 Å². The van der Waals surface area contributed by atoms with Gasteiger partial charge in [0.05, 0.1) is 22.6 Å². The third kappa shape index (κ3) is 5.13. The average Bonchev–Trinajstić information content (AvgIpc) is 3.25. The number of hydrogen-bond acceptors (Lipinski definition) is 6. The van der Waals surface area contributed by atoms with E-state index in [1.807, 2.05) is 37.7 Å². The minimum atomic E-state index is -1.11. The fourth-order valence-corrected chi connectivity index (χ4v) is 5.35. The van der Waals surface area contributed by atoms with E-state index in [1.165, 1.54) is 10.4 Å². The van der Waals surface area contributed by atoms with Crippen LogP contribution in [0.25, 0.3) is 0 Å². The molecule has 8 heteroatoms. The Balaban J connectivity index is 1.63. The predicted octanol–water partition coefficient (Wildman–Crippen LogP) is 4.45. The van der Waals surface area contributed by atoms with Crippen LogP contribution < -0.4 is 9.80 Å². The highest BCUT2D eigenvalue weighted by atomic mass is 32.1. The van der Waals surface area contributed by atoms with Crippen LogP contribution in [0.3, 0.4) is 0 Å². The molecule has 0 spiro atoms. The number of fused-ring (bicyclic) bond motifs is 1. The van der Waals surface area contributed by atoms with Gasteiger partial charge in [0.25, 0.3) is 0 Å². The number of rotatable bonds is 8. The van der Waals surface area contributed by atoms with Crippen LogP contribution in [0, 0.1) is 12.3 Å². The van der Waals surface area contributed by atoms with E-state index < -0.39 is 5.41 Å². The monoisotopic (exact) mass is 491 g/mol. The predicted molar refractivity (Wildman–Crippen MR) is 141 cm³/mol. The van der Waals surface area contributed by atoms with Gasteiger partial charge in [-0.3, -0.25) is 19.5 Å². The molecule has 3 aromatic rings. The van der Waals surface area contributed by atoms with Gasteiger partial charge in [0.15, 0.2) is 0 Å². The Morgan fingerprint density at radius 1 is 1.06 bits per heavy atom. The van der Waals surface area contributed by atoms with E-state index >= 15 is 0 Å². The Morgan fingerprint density at radius 3 is 2.51 bits per heavy atom. The zero-order chi connectivity index (χ0) is 25.2. The van der Waals surface area contributed by atoms with Crippen LogP contribution in [0.15, 0.2) is 48.2 Å². The molecule has 0 saturated carbocycles. The molecule has 2 amide bonds. The molecule has 0 N–H and O–H groups in total. The molecular weight excluding hydrogens is 458 g/mol. The third-order valence-corrected chi connectivity index (χ3v) is 7.60. The number of aryl methyl sites for hydroxylation is 1. The maximum atomic E-state index is 13.2. The lowest BCUT2D eigenvalue weighted by molar-refractivity contribution is -0.137. The number of carbonyl (C=O) groups is 2. The molecule has 3 heterocycles. The Bertz CT molecular complexity index is 1210. The first kappa shape index (κ1) is 25.0. The first-order valence-electron chi connectivity index (χ1n) is 12.0.